The third-order valence-corrected chi connectivity index (χ3v) is 5.91. The minimum atomic E-state index is -5.02. The summed E-state index contributed by atoms with van der Waals surface area (Å²) in [5.41, 5.74) is -6.72. The molecule has 0 spiro atoms. The van der Waals surface area contributed by atoms with Crippen molar-refractivity contribution in [1.82, 2.24) is 24.7 Å². The van der Waals surface area contributed by atoms with Crippen LogP contribution < -0.4 is 16.4 Å². The molecule has 0 fully saturated rings. The predicted molar refractivity (Wildman–Crippen MR) is 127 cm³/mol. The first-order chi connectivity index (χ1) is 19.1. The molecular weight excluding hydrogens is 575 g/mol. The van der Waals surface area contributed by atoms with Gasteiger partial charge in [-0.1, -0.05) is 0 Å². The first-order valence-corrected chi connectivity index (χ1v) is 11.5. The fraction of sp³-hybridized carbons (Fsp3) is 0.292. The molecule has 0 bridgehead atoms. The number of aromatic amines is 1. The van der Waals surface area contributed by atoms with Crippen molar-refractivity contribution in [1.29, 1.82) is 0 Å². The summed E-state index contributed by atoms with van der Waals surface area (Å²) in [5.74, 6) is -3.85. The van der Waals surface area contributed by atoms with Gasteiger partial charge in [0.1, 0.15) is 11.7 Å². The van der Waals surface area contributed by atoms with Crippen molar-refractivity contribution in [2.24, 2.45) is 0 Å². The van der Waals surface area contributed by atoms with Crippen molar-refractivity contribution in [3.63, 3.8) is 0 Å². The van der Waals surface area contributed by atoms with Crippen LogP contribution in [-0.2, 0) is 18.9 Å². The predicted octanol–water partition coefficient (Wildman–Crippen LogP) is 5.09. The smallest absolute Gasteiger partial charge is 0.381 e. The second-order valence-electron chi connectivity index (χ2n) is 8.95. The molecule has 4 aromatic rings. The molecule has 218 valence electrons. The Labute approximate surface area is 222 Å². The van der Waals surface area contributed by atoms with Gasteiger partial charge in [-0.2, -0.15) is 31.4 Å². The van der Waals surface area contributed by atoms with E-state index in [1.807, 2.05) is 0 Å². The third-order valence-electron chi connectivity index (χ3n) is 5.91. The highest BCUT2D eigenvalue weighted by molar-refractivity contribution is 5.86. The molecule has 2 atom stereocenters. The number of alkyl halides is 7. The molecule has 0 radical (unpaired) electrons. The third kappa shape index (κ3) is 6.17. The van der Waals surface area contributed by atoms with Gasteiger partial charge in [-0.25, -0.2) is 28.2 Å². The van der Waals surface area contributed by atoms with Crippen molar-refractivity contribution in [2.45, 2.75) is 44.5 Å². The molecule has 2 unspecified atom stereocenters. The number of hydrogen-bond acceptors (Lipinski definition) is 6. The van der Waals surface area contributed by atoms with Crippen LogP contribution in [-0.4, -0.2) is 36.9 Å². The van der Waals surface area contributed by atoms with Crippen LogP contribution in [0.1, 0.15) is 24.5 Å². The summed E-state index contributed by atoms with van der Waals surface area (Å²) in [6, 6.07) is 1.10. The highest BCUT2D eigenvalue weighted by Crippen LogP contribution is 2.33. The maximum Gasteiger partial charge on any atom is 0.423 e. The quantitative estimate of drug-likeness (QED) is 0.290. The van der Waals surface area contributed by atoms with E-state index in [1.165, 1.54) is 6.92 Å². The Morgan fingerprint density at radius 1 is 1.00 bits per heavy atom. The van der Waals surface area contributed by atoms with Gasteiger partial charge in [-0.15, -0.1) is 0 Å². The van der Waals surface area contributed by atoms with Gasteiger partial charge in [0.05, 0.1) is 34.9 Å². The summed E-state index contributed by atoms with van der Waals surface area (Å²) in [4.78, 5) is 31.3. The first kappa shape index (κ1) is 29.5. The summed E-state index contributed by atoms with van der Waals surface area (Å²) < 4.78 is 123. The molecule has 0 aliphatic rings. The molecule has 0 saturated carbocycles. The number of halogens is 9. The van der Waals surface area contributed by atoms with E-state index in [1.54, 1.807) is 5.10 Å². The number of fused-ring (bicyclic) bond motifs is 1. The number of nitrogens with one attached hydrogen (secondary N) is 2. The molecule has 1 aromatic carbocycles. The normalized spacial score (nSPS) is 13.8. The minimum absolute atomic E-state index is 0.171. The molecule has 4 rings (SSSR count). The molecular formula is C24H17F9N6O2. The molecule has 17 heteroatoms. The van der Waals surface area contributed by atoms with Crippen molar-refractivity contribution < 1.29 is 39.5 Å². The van der Waals surface area contributed by atoms with E-state index < -0.39 is 93.9 Å². The molecule has 0 saturated heterocycles. The maximum atomic E-state index is 15.0. The number of hydrogen-bond donors (Lipinski definition) is 2. The van der Waals surface area contributed by atoms with Crippen molar-refractivity contribution in [2.75, 3.05) is 5.32 Å². The second-order valence-corrected chi connectivity index (χ2v) is 8.95. The zero-order valence-electron chi connectivity index (χ0n) is 20.5. The van der Waals surface area contributed by atoms with Crippen molar-refractivity contribution >= 4 is 16.5 Å². The summed E-state index contributed by atoms with van der Waals surface area (Å²) in [7, 11) is 0. The molecule has 3 aromatic heterocycles. The van der Waals surface area contributed by atoms with Gasteiger partial charge in [-0.05, 0) is 24.4 Å². The zero-order valence-corrected chi connectivity index (χ0v) is 20.5. The lowest BCUT2D eigenvalue weighted by atomic mass is 10.1. The summed E-state index contributed by atoms with van der Waals surface area (Å²) in [5, 5.41) is 6.36. The Balaban J connectivity index is 1.56. The van der Waals surface area contributed by atoms with E-state index in [9.17, 15) is 49.1 Å². The van der Waals surface area contributed by atoms with Crippen LogP contribution in [0.3, 0.4) is 0 Å². The van der Waals surface area contributed by atoms with Crippen molar-refractivity contribution in [3.8, 4) is 11.4 Å². The van der Waals surface area contributed by atoms with Crippen molar-refractivity contribution in [3.05, 3.63) is 80.4 Å². The Bertz CT molecular complexity index is 1700. The van der Waals surface area contributed by atoms with Crippen LogP contribution in [0, 0.1) is 11.6 Å². The van der Waals surface area contributed by atoms with Crippen LogP contribution in [0.25, 0.3) is 22.2 Å². The second kappa shape index (κ2) is 10.9. The van der Waals surface area contributed by atoms with Gasteiger partial charge in [0.15, 0.2) is 17.5 Å². The summed E-state index contributed by atoms with van der Waals surface area (Å²) in [6.07, 6.45) is -9.58. The van der Waals surface area contributed by atoms with Gasteiger partial charge in [0, 0.05) is 31.1 Å². The maximum absolute atomic E-state index is 15.0. The molecule has 3 heterocycles. The monoisotopic (exact) mass is 592 g/mol. The lowest BCUT2D eigenvalue weighted by Crippen LogP contribution is -2.30. The highest BCUT2D eigenvalue weighted by Gasteiger charge is 2.37. The SMILES string of the molecule is CC(CC(F)Cn1ccc2cc(-c3ncc(C(F)(F)F)cn3)c(F)c(F)c2c1=O)Nc1cn[nH]c(=O)c1C(F)(F)F. The van der Waals surface area contributed by atoms with Crippen LogP contribution in [0.4, 0.5) is 45.2 Å². The number of aromatic nitrogens is 5. The van der Waals surface area contributed by atoms with E-state index in [0.29, 0.717) is 18.6 Å². The Morgan fingerprint density at radius 3 is 2.27 bits per heavy atom. The Hall–Kier alpha value is -4.44. The van der Waals surface area contributed by atoms with E-state index in [0.717, 1.165) is 22.9 Å². The van der Waals surface area contributed by atoms with E-state index in [2.05, 4.69) is 20.4 Å². The number of H-pyrrole nitrogens is 1. The lowest BCUT2D eigenvalue weighted by molar-refractivity contribution is -0.139. The van der Waals surface area contributed by atoms with E-state index in [-0.39, 0.29) is 5.39 Å². The molecule has 2 N–H and O–H groups in total. The average molecular weight is 592 g/mol. The van der Waals surface area contributed by atoms with Crippen LogP contribution in [0.2, 0.25) is 0 Å². The van der Waals surface area contributed by atoms with E-state index >= 15 is 0 Å². The largest absolute Gasteiger partial charge is 0.423 e. The van der Waals surface area contributed by atoms with E-state index in [4.69, 9.17) is 0 Å². The molecule has 0 aliphatic heterocycles. The number of anilines is 1. The zero-order chi connectivity index (χ0) is 30.3. The van der Waals surface area contributed by atoms with Gasteiger partial charge >= 0.3 is 12.4 Å². The van der Waals surface area contributed by atoms with Crippen LogP contribution in [0.15, 0.2) is 46.5 Å². The number of rotatable bonds is 7. The van der Waals surface area contributed by atoms with Gasteiger partial charge in [0.2, 0.25) is 0 Å². The Morgan fingerprint density at radius 2 is 1.66 bits per heavy atom. The summed E-state index contributed by atoms with van der Waals surface area (Å²) >= 11 is 0. The highest BCUT2D eigenvalue weighted by atomic mass is 19.4. The van der Waals surface area contributed by atoms with Crippen LogP contribution in [0.5, 0.6) is 0 Å². The summed E-state index contributed by atoms with van der Waals surface area (Å²) in [6.45, 7) is 0.627. The van der Waals surface area contributed by atoms with Gasteiger partial charge in [-0.3, -0.25) is 9.59 Å². The fourth-order valence-electron chi connectivity index (χ4n) is 4.08. The van der Waals surface area contributed by atoms with Crippen LogP contribution >= 0.6 is 0 Å². The van der Waals surface area contributed by atoms with Gasteiger partial charge < -0.3 is 9.88 Å². The number of benzene rings is 1. The first-order valence-electron chi connectivity index (χ1n) is 11.5. The average Bonchev–Trinajstić information content (AvgIpc) is 2.86. The Kier molecular flexibility index (Phi) is 7.82. The number of pyridine rings is 1. The fourth-order valence-corrected chi connectivity index (χ4v) is 4.08. The molecule has 41 heavy (non-hydrogen) atoms. The molecule has 0 aliphatic carbocycles. The lowest BCUT2D eigenvalue weighted by Gasteiger charge is -2.20. The topological polar surface area (TPSA) is 106 Å². The minimum Gasteiger partial charge on any atom is -0.381 e. The molecule has 8 nitrogen and oxygen atoms in total. The number of nitrogens with zero attached hydrogens (tertiary/aromatic N) is 4. The van der Waals surface area contributed by atoms with Gasteiger partial charge in [0.25, 0.3) is 11.1 Å². The standard InChI is InChI=1S/C24H17F9N6O2/c1-10(37-15-8-36-38-21(40)17(15)24(31,32)33)4-13(25)9-39-3-2-11-5-14(18(26)19(27)16(11)22(39)41)20-34-6-12(7-35-20)23(28,29)30/h2-3,5-8,10,13H,4,9H2,1H3,(H2,37,38,40). The molecule has 0 amide bonds.